The van der Waals surface area contributed by atoms with E-state index in [9.17, 15) is 10.1 Å². The quantitative estimate of drug-likeness (QED) is 0.665. The summed E-state index contributed by atoms with van der Waals surface area (Å²) in [4.78, 5) is 15.4. The maximum Gasteiger partial charge on any atom is 0.150 e. The second-order valence-electron chi connectivity index (χ2n) is 4.88. The van der Waals surface area contributed by atoms with Crippen LogP contribution in [-0.4, -0.2) is 11.3 Å². The van der Waals surface area contributed by atoms with Gasteiger partial charge in [0.15, 0.2) is 0 Å². The highest BCUT2D eigenvalue weighted by molar-refractivity contribution is 5.88. The maximum absolute atomic E-state index is 11.0. The molecule has 0 amide bonds. The molecule has 3 heteroatoms. The van der Waals surface area contributed by atoms with E-state index in [0.29, 0.717) is 11.3 Å². The van der Waals surface area contributed by atoms with E-state index in [1.165, 1.54) is 0 Å². The Morgan fingerprint density at radius 2 is 1.90 bits per heavy atom. The fourth-order valence-corrected chi connectivity index (χ4v) is 2.41. The molecule has 1 heterocycles. The number of fused-ring (bicyclic) bond motifs is 1. The predicted molar refractivity (Wildman–Crippen MR) is 82.0 cm³/mol. The third kappa shape index (κ3) is 2.28. The number of para-hydroxylation sites is 1. The lowest BCUT2D eigenvalue weighted by Crippen LogP contribution is -1.94. The minimum absolute atomic E-state index is 0.375. The van der Waals surface area contributed by atoms with Gasteiger partial charge in [-0.2, -0.15) is 5.26 Å². The Morgan fingerprint density at radius 3 is 2.67 bits per heavy atom. The van der Waals surface area contributed by atoms with Crippen molar-refractivity contribution in [1.29, 1.82) is 5.26 Å². The number of aromatic nitrogens is 1. The van der Waals surface area contributed by atoms with Gasteiger partial charge in [0.2, 0.25) is 0 Å². The van der Waals surface area contributed by atoms with Crippen LogP contribution in [0.25, 0.3) is 22.0 Å². The summed E-state index contributed by atoms with van der Waals surface area (Å²) in [6.07, 6.45) is 0.809. The molecule has 0 aliphatic carbocycles. The topological polar surface area (TPSA) is 53.8 Å². The number of aryl methyl sites for hydroxylation is 1. The number of nitriles is 1. The number of nitrogens with zero attached hydrogens (tertiary/aromatic N) is 2. The van der Waals surface area contributed by atoms with Gasteiger partial charge in [-0.1, -0.05) is 30.3 Å². The molecule has 0 fully saturated rings. The summed E-state index contributed by atoms with van der Waals surface area (Å²) < 4.78 is 0. The third-order valence-corrected chi connectivity index (χ3v) is 3.52. The van der Waals surface area contributed by atoms with Gasteiger partial charge in [-0.25, -0.2) is 4.98 Å². The second kappa shape index (κ2) is 5.18. The van der Waals surface area contributed by atoms with Crippen LogP contribution in [0.3, 0.4) is 0 Å². The van der Waals surface area contributed by atoms with Crippen molar-refractivity contribution >= 4 is 17.2 Å². The zero-order valence-electron chi connectivity index (χ0n) is 11.5. The largest absolute Gasteiger partial charge is 0.298 e. The molecule has 3 nitrogen and oxygen atoms in total. The second-order valence-corrected chi connectivity index (χ2v) is 4.88. The predicted octanol–water partition coefficient (Wildman–Crippen LogP) is 3.89. The summed E-state index contributed by atoms with van der Waals surface area (Å²) >= 11 is 0. The lowest BCUT2D eigenvalue weighted by atomic mass is 9.96. The molecule has 0 N–H and O–H groups in total. The highest BCUT2D eigenvalue weighted by atomic mass is 16.1. The first kappa shape index (κ1) is 13.0. The molecular formula is C18H12N2O. The molecule has 0 saturated carbocycles. The molecule has 0 unspecified atom stereocenters. The van der Waals surface area contributed by atoms with Crippen LogP contribution in [0.2, 0.25) is 0 Å². The number of aldehydes is 1. The van der Waals surface area contributed by atoms with Gasteiger partial charge in [-0.05, 0) is 36.2 Å². The molecule has 0 aliphatic heterocycles. The number of hydrogen-bond donors (Lipinski definition) is 0. The van der Waals surface area contributed by atoms with Gasteiger partial charge in [-0.3, -0.25) is 4.79 Å². The molecule has 2 aromatic carbocycles. The molecule has 3 rings (SSSR count). The Bertz CT molecular complexity index is 891. The van der Waals surface area contributed by atoms with Crippen LogP contribution in [0.15, 0.2) is 48.5 Å². The van der Waals surface area contributed by atoms with E-state index in [1.54, 1.807) is 12.1 Å². The first-order valence-electron chi connectivity index (χ1n) is 6.59. The summed E-state index contributed by atoms with van der Waals surface area (Å²) in [6, 6.07) is 17.2. The van der Waals surface area contributed by atoms with Crippen molar-refractivity contribution in [3.05, 3.63) is 65.4 Å². The Morgan fingerprint density at radius 1 is 1.10 bits per heavy atom. The molecule has 0 bridgehead atoms. The lowest BCUT2D eigenvalue weighted by Gasteiger charge is -2.10. The van der Waals surface area contributed by atoms with Gasteiger partial charge < -0.3 is 0 Å². The SMILES string of the molecule is Cc1ccc(C=O)cc1-c1cc2ccccc2nc1C#N. The van der Waals surface area contributed by atoms with Crippen LogP contribution in [0, 0.1) is 18.3 Å². The van der Waals surface area contributed by atoms with Crippen molar-refractivity contribution in [3.63, 3.8) is 0 Å². The van der Waals surface area contributed by atoms with E-state index in [-0.39, 0.29) is 0 Å². The van der Waals surface area contributed by atoms with Crippen molar-refractivity contribution in [1.82, 2.24) is 4.98 Å². The van der Waals surface area contributed by atoms with Crippen LogP contribution >= 0.6 is 0 Å². The van der Waals surface area contributed by atoms with Crippen molar-refractivity contribution < 1.29 is 4.79 Å². The maximum atomic E-state index is 11.0. The van der Waals surface area contributed by atoms with E-state index < -0.39 is 0 Å². The highest BCUT2D eigenvalue weighted by Gasteiger charge is 2.11. The Kier molecular flexibility index (Phi) is 3.21. The first-order valence-corrected chi connectivity index (χ1v) is 6.59. The zero-order valence-corrected chi connectivity index (χ0v) is 11.5. The monoisotopic (exact) mass is 272 g/mol. The molecule has 0 aliphatic rings. The van der Waals surface area contributed by atoms with Gasteiger partial charge >= 0.3 is 0 Å². The number of benzene rings is 2. The number of rotatable bonds is 2. The van der Waals surface area contributed by atoms with Gasteiger partial charge in [0.25, 0.3) is 0 Å². The van der Waals surface area contributed by atoms with E-state index in [2.05, 4.69) is 11.1 Å². The minimum Gasteiger partial charge on any atom is -0.298 e. The van der Waals surface area contributed by atoms with Crippen LogP contribution in [0.5, 0.6) is 0 Å². The molecule has 0 spiro atoms. The molecular weight excluding hydrogens is 260 g/mol. The number of carbonyl (C=O) groups is 1. The van der Waals surface area contributed by atoms with E-state index >= 15 is 0 Å². The molecule has 1 aromatic heterocycles. The summed E-state index contributed by atoms with van der Waals surface area (Å²) in [5, 5.41) is 10.3. The van der Waals surface area contributed by atoms with Crippen LogP contribution in [0.1, 0.15) is 21.6 Å². The van der Waals surface area contributed by atoms with Crippen molar-refractivity contribution in [2.75, 3.05) is 0 Å². The molecule has 3 aromatic rings. The van der Waals surface area contributed by atoms with E-state index in [1.807, 2.05) is 43.3 Å². The first-order chi connectivity index (χ1) is 10.2. The van der Waals surface area contributed by atoms with E-state index in [0.717, 1.165) is 33.9 Å². The zero-order chi connectivity index (χ0) is 14.8. The summed E-state index contributed by atoms with van der Waals surface area (Å²) in [5.74, 6) is 0. The number of carbonyl (C=O) groups excluding carboxylic acids is 1. The normalized spacial score (nSPS) is 10.3. The summed E-state index contributed by atoms with van der Waals surface area (Å²) in [6.45, 7) is 1.96. The smallest absolute Gasteiger partial charge is 0.150 e. The Labute approximate surface area is 122 Å². The fourth-order valence-electron chi connectivity index (χ4n) is 2.41. The Hall–Kier alpha value is -2.99. The van der Waals surface area contributed by atoms with Gasteiger partial charge in [0.1, 0.15) is 18.0 Å². The van der Waals surface area contributed by atoms with Crippen LogP contribution in [0.4, 0.5) is 0 Å². The van der Waals surface area contributed by atoms with Gasteiger partial charge in [0, 0.05) is 16.5 Å². The minimum atomic E-state index is 0.375. The summed E-state index contributed by atoms with van der Waals surface area (Å²) in [5.41, 5.74) is 4.40. The van der Waals surface area contributed by atoms with Crippen molar-refractivity contribution in [2.24, 2.45) is 0 Å². The average molecular weight is 272 g/mol. The van der Waals surface area contributed by atoms with Crippen molar-refractivity contribution in [3.8, 4) is 17.2 Å². The van der Waals surface area contributed by atoms with Gasteiger partial charge in [0.05, 0.1) is 5.52 Å². The number of pyridine rings is 1. The van der Waals surface area contributed by atoms with Crippen molar-refractivity contribution in [2.45, 2.75) is 6.92 Å². The Balaban J connectivity index is 2.34. The highest BCUT2D eigenvalue weighted by Crippen LogP contribution is 2.29. The molecule has 0 radical (unpaired) electrons. The molecule has 0 atom stereocenters. The summed E-state index contributed by atoms with van der Waals surface area (Å²) in [7, 11) is 0. The fraction of sp³-hybridized carbons (Fsp3) is 0.0556. The molecule has 21 heavy (non-hydrogen) atoms. The molecule has 0 saturated heterocycles. The van der Waals surface area contributed by atoms with Crippen LogP contribution < -0.4 is 0 Å². The average Bonchev–Trinajstić information content (AvgIpc) is 2.54. The van der Waals surface area contributed by atoms with E-state index in [4.69, 9.17) is 0 Å². The molecule has 100 valence electrons. The third-order valence-electron chi connectivity index (χ3n) is 3.52. The standard InChI is InChI=1S/C18H12N2O/c1-12-6-7-13(11-21)8-15(12)16-9-14-4-2-3-5-17(14)20-18(16)10-19/h2-9,11H,1H3. The lowest BCUT2D eigenvalue weighted by molar-refractivity contribution is 0.112. The van der Waals surface area contributed by atoms with Gasteiger partial charge in [-0.15, -0.1) is 0 Å². The number of hydrogen-bond acceptors (Lipinski definition) is 3. The van der Waals surface area contributed by atoms with Crippen LogP contribution in [-0.2, 0) is 0 Å².